The number of rotatable bonds is 3. The predicted molar refractivity (Wildman–Crippen MR) is 102 cm³/mol. The number of fused-ring (bicyclic) bond motifs is 1. The first-order valence-corrected chi connectivity index (χ1v) is 9.38. The van der Waals surface area contributed by atoms with Crippen LogP contribution in [0.1, 0.15) is 24.0 Å². The summed E-state index contributed by atoms with van der Waals surface area (Å²) in [6.07, 6.45) is 6.10. The van der Waals surface area contributed by atoms with Gasteiger partial charge in [0.2, 0.25) is 0 Å². The van der Waals surface area contributed by atoms with Gasteiger partial charge in [0.25, 0.3) is 0 Å². The van der Waals surface area contributed by atoms with E-state index in [1.54, 1.807) is 11.3 Å². The van der Waals surface area contributed by atoms with Crippen molar-refractivity contribution >= 4 is 22.7 Å². The quantitative estimate of drug-likeness (QED) is 0.558. The fraction of sp³-hybridized carbons (Fsp3) is 0.211. The summed E-state index contributed by atoms with van der Waals surface area (Å²) in [6, 6.07) is 11.9. The summed E-state index contributed by atoms with van der Waals surface area (Å²) in [7, 11) is 0. The van der Waals surface area contributed by atoms with Gasteiger partial charge in [-0.3, -0.25) is 4.40 Å². The first-order chi connectivity index (χ1) is 12.8. The van der Waals surface area contributed by atoms with Crippen LogP contribution >= 0.6 is 11.3 Å². The minimum absolute atomic E-state index is 0.103. The highest BCUT2D eigenvalue weighted by Gasteiger charge is 2.22. The van der Waals surface area contributed by atoms with Gasteiger partial charge in [0.05, 0.1) is 11.9 Å². The number of nitrogen functional groups attached to an aromatic ring is 1. The average molecular weight is 363 g/mol. The lowest BCUT2D eigenvalue weighted by Crippen LogP contribution is -1.93. The zero-order chi connectivity index (χ0) is 17.5. The number of hydrogen-bond acceptors (Lipinski definition) is 6. The van der Waals surface area contributed by atoms with E-state index in [0.29, 0.717) is 0 Å². The highest BCUT2D eigenvalue weighted by atomic mass is 32.1. The number of nitrogens with two attached hydrogens (primary N) is 1. The van der Waals surface area contributed by atoms with Crippen LogP contribution in [-0.2, 0) is 4.74 Å². The number of benzene rings is 1. The van der Waals surface area contributed by atoms with Crippen molar-refractivity contribution in [1.29, 1.82) is 0 Å². The molecule has 4 aromatic rings. The SMILES string of the molecule is Nc1cccc(-c2cnc3cc(-c4nnc(C5CCCO5)s4)ccn23)c1. The van der Waals surface area contributed by atoms with Crippen LogP contribution in [0.5, 0.6) is 0 Å². The highest BCUT2D eigenvalue weighted by Crippen LogP contribution is 2.34. The molecular formula is C19H17N5OS. The lowest BCUT2D eigenvalue weighted by molar-refractivity contribution is 0.111. The molecule has 130 valence electrons. The van der Waals surface area contributed by atoms with E-state index in [2.05, 4.69) is 19.6 Å². The Labute approximate surface area is 154 Å². The zero-order valence-electron chi connectivity index (χ0n) is 14.0. The van der Waals surface area contributed by atoms with Crippen molar-refractivity contribution in [3.8, 4) is 21.8 Å². The molecule has 7 heteroatoms. The zero-order valence-corrected chi connectivity index (χ0v) is 14.8. The van der Waals surface area contributed by atoms with Crippen molar-refractivity contribution in [1.82, 2.24) is 19.6 Å². The number of ether oxygens (including phenoxy) is 1. The van der Waals surface area contributed by atoms with Crippen LogP contribution in [0.3, 0.4) is 0 Å². The van der Waals surface area contributed by atoms with Crippen molar-refractivity contribution in [3.05, 3.63) is 53.8 Å². The van der Waals surface area contributed by atoms with Gasteiger partial charge >= 0.3 is 0 Å². The number of hydrogen-bond donors (Lipinski definition) is 1. The molecule has 0 saturated carbocycles. The largest absolute Gasteiger partial charge is 0.399 e. The first kappa shape index (κ1) is 15.5. The van der Waals surface area contributed by atoms with E-state index < -0.39 is 0 Å². The minimum atomic E-state index is 0.103. The molecule has 1 aromatic carbocycles. The van der Waals surface area contributed by atoms with Gasteiger partial charge in [-0.05, 0) is 37.1 Å². The Morgan fingerprint density at radius 2 is 2.12 bits per heavy atom. The normalized spacial score (nSPS) is 17.2. The van der Waals surface area contributed by atoms with Crippen molar-refractivity contribution in [2.75, 3.05) is 12.3 Å². The number of pyridine rings is 1. The van der Waals surface area contributed by atoms with Gasteiger partial charge in [-0.25, -0.2) is 4.98 Å². The summed E-state index contributed by atoms with van der Waals surface area (Å²) in [4.78, 5) is 4.55. The van der Waals surface area contributed by atoms with E-state index in [4.69, 9.17) is 10.5 Å². The van der Waals surface area contributed by atoms with Crippen LogP contribution < -0.4 is 5.73 Å². The van der Waals surface area contributed by atoms with Crippen molar-refractivity contribution < 1.29 is 4.74 Å². The molecule has 4 heterocycles. The third kappa shape index (κ3) is 2.65. The number of anilines is 1. The molecule has 3 aromatic heterocycles. The lowest BCUT2D eigenvalue weighted by Gasteiger charge is -2.04. The fourth-order valence-electron chi connectivity index (χ4n) is 3.28. The molecule has 1 saturated heterocycles. The number of aromatic nitrogens is 4. The molecule has 26 heavy (non-hydrogen) atoms. The van der Waals surface area contributed by atoms with E-state index in [1.165, 1.54) is 0 Å². The molecule has 5 rings (SSSR count). The van der Waals surface area contributed by atoms with Gasteiger partial charge in [-0.2, -0.15) is 0 Å². The fourth-order valence-corrected chi connectivity index (χ4v) is 4.20. The standard InChI is InChI=1S/C19H17N5OS/c20-14-4-1-3-12(9-14)15-11-21-17-10-13(6-7-24(15)17)18-22-23-19(26-18)16-5-2-8-25-16/h1,3-4,6-7,9-11,16H,2,5,8,20H2. The Morgan fingerprint density at radius 3 is 2.96 bits per heavy atom. The van der Waals surface area contributed by atoms with Crippen LogP contribution in [0.25, 0.3) is 27.5 Å². The molecule has 1 fully saturated rings. The van der Waals surface area contributed by atoms with Gasteiger partial charge in [-0.15, -0.1) is 10.2 Å². The molecule has 2 N–H and O–H groups in total. The maximum atomic E-state index is 5.91. The van der Waals surface area contributed by atoms with Crippen LogP contribution in [0.2, 0.25) is 0 Å². The second-order valence-corrected chi connectivity index (χ2v) is 7.37. The van der Waals surface area contributed by atoms with E-state index in [0.717, 1.165) is 57.6 Å². The molecular weight excluding hydrogens is 346 g/mol. The summed E-state index contributed by atoms with van der Waals surface area (Å²) in [5.41, 5.74) is 10.6. The van der Waals surface area contributed by atoms with Gasteiger partial charge < -0.3 is 10.5 Å². The minimum Gasteiger partial charge on any atom is -0.399 e. The molecule has 1 unspecified atom stereocenters. The van der Waals surface area contributed by atoms with E-state index in [1.807, 2.05) is 48.8 Å². The summed E-state index contributed by atoms with van der Waals surface area (Å²) in [6.45, 7) is 0.812. The Morgan fingerprint density at radius 1 is 1.15 bits per heavy atom. The maximum Gasteiger partial charge on any atom is 0.148 e. The van der Waals surface area contributed by atoms with Crippen molar-refractivity contribution in [3.63, 3.8) is 0 Å². The number of imidazole rings is 1. The van der Waals surface area contributed by atoms with Crippen LogP contribution in [0, 0.1) is 0 Å². The maximum absolute atomic E-state index is 5.91. The van der Waals surface area contributed by atoms with Gasteiger partial charge in [0.15, 0.2) is 0 Å². The van der Waals surface area contributed by atoms with Gasteiger partial charge in [0, 0.05) is 29.6 Å². The number of nitrogens with zero attached hydrogens (tertiary/aromatic N) is 4. The highest BCUT2D eigenvalue weighted by molar-refractivity contribution is 7.14. The van der Waals surface area contributed by atoms with Crippen LogP contribution in [0.15, 0.2) is 48.8 Å². The van der Waals surface area contributed by atoms with E-state index >= 15 is 0 Å². The second-order valence-electron chi connectivity index (χ2n) is 6.36. The molecule has 1 atom stereocenters. The molecule has 0 spiro atoms. The molecule has 1 aliphatic heterocycles. The van der Waals surface area contributed by atoms with Crippen molar-refractivity contribution in [2.45, 2.75) is 18.9 Å². The van der Waals surface area contributed by atoms with E-state index in [-0.39, 0.29) is 6.10 Å². The van der Waals surface area contributed by atoms with E-state index in [9.17, 15) is 0 Å². The molecule has 6 nitrogen and oxygen atoms in total. The molecule has 0 radical (unpaired) electrons. The van der Waals surface area contributed by atoms with Crippen molar-refractivity contribution in [2.24, 2.45) is 0 Å². The third-order valence-electron chi connectivity index (χ3n) is 4.59. The average Bonchev–Trinajstić information content (AvgIpc) is 3.40. The Hall–Kier alpha value is -2.77. The lowest BCUT2D eigenvalue weighted by atomic mass is 10.1. The Bertz CT molecular complexity index is 1080. The molecule has 1 aliphatic rings. The molecule has 0 aliphatic carbocycles. The van der Waals surface area contributed by atoms with Gasteiger partial charge in [0.1, 0.15) is 21.8 Å². The molecule has 0 bridgehead atoms. The summed E-state index contributed by atoms with van der Waals surface area (Å²) < 4.78 is 7.76. The second kappa shape index (κ2) is 6.19. The molecule has 0 amide bonds. The monoisotopic (exact) mass is 363 g/mol. The summed E-state index contributed by atoms with van der Waals surface area (Å²) in [5.74, 6) is 0. The third-order valence-corrected chi connectivity index (χ3v) is 5.65. The predicted octanol–water partition coefficient (Wildman–Crippen LogP) is 3.95. The van der Waals surface area contributed by atoms with Crippen LogP contribution in [-0.4, -0.2) is 26.2 Å². The van der Waals surface area contributed by atoms with Gasteiger partial charge in [-0.1, -0.05) is 23.5 Å². The Kier molecular flexibility index (Phi) is 3.69. The summed E-state index contributed by atoms with van der Waals surface area (Å²) >= 11 is 1.60. The summed E-state index contributed by atoms with van der Waals surface area (Å²) in [5, 5.41) is 10.5. The first-order valence-electron chi connectivity index (χ1n) is 8.56. The Balaban J connectivity index is 1.51. The smallest absolute Gasteiger partial charge is 0.148 e. The topological polar surface area (TPSA) is 78.3 Å². The van der Waals surface area contributed by atoms with Crippen LogP contribution in [0.4, 0.5) is 5.69 Å².